The number of benzene rings is 5. The summed E-state index contributed by atoms with van der Waals surface area (Å²) in [6.45, 7) is 23.0. The second kappa shape index (κ2) is 32.2. The van der Waals surface area contributed by atoms with Gasteiger partial charge in [0.05, 0.1) is 64.1 Å². The molecule has 0 spiro atoms. The number of carbonyl (C=O) groups excluding carboxylic acids is 9. The van der Waals surface area contributed by atoms with Crippen molar-refractivity contribution in [1.29, 1.82) is 0 Å². The average molecular weight is 1600 g/mol. The smallest absolute Gasteiger partial charge is 0.456 e. The van der Waals surface area contributed by atoms with Crippen LogP contribution in [0.4, 0.5) is 10.5 Å². The fourth-order valence-corrected chi connectivity index (χ4v) is 20.9. The Hall–Kier alpha value is -9.87. The third-order valence-electron chi connectivity index (χ3n) is 27.0. The van der Waals surface area contributed by atoms with Gasteiger partial charge in [-0.2, -0.15) is 0 Å². The van der Waals surface area contributed by atoms with Crippen molar-refractivity contribution < 1.29 is 120 Å². The van der Waals surface area contributed by atoms with Gasteiger partial charge >= 0.3 is 42.0 Å². The van der Waals surface area contributed by atoms with Crippen LogP contribution in [0.25, 0.3) is 0 Å². The summed E-state index contributed by atoms with van der Waals surface area (Å²) in [7, 11) is 2.95. The van der Waals surface area contributed by atoms with Gasteiger partial charge in [-0.3, -0.25) is 29.3 Å². The number of nitro groups is 1. The lowest BCUT2D eigenvalue weighted by Gasteiger charge is -2.68. The van der Waals surface area contributed by atoms with Gasteiger partial charge in [0.1, 0.15) is 65.1 Å². The molecule has 2 saturated heterocycles. The molecule has 0 amide bonds. The number of ketones is 2. The normalized spacial score (nSPS) is 33.4. The number of Topliss-reactive ketones (excluding diaryl/α,β-unsaturated/α-hetero) is 2. The summed E-state index contributed by atoms with van der Waals surface area (Å²) in [4.78, 5) is 138. The second-order valence-corrected chi connectivity index (χ2v) is 33.7. The first-order valence-corrected chi connectivity index (χ1v) is 39.1. The first-order valence-electron chi connectivity index (χ1n) is 39.1. The first kappa shape index (κ1) is 85.5. The van der Waals surface area contributed by atoms with Gasteiger partial charge in [0.15, 0.2) is 17.3 Å². The maximum absolute atomic E-state index is 15.5. The lowest BCUT2D eigenvalue weighted by molar-refractivity contribution is -0.384. The van der Waals surface area contributed by atoms with Crippen molar-refractivity contribution in [1.82, 2.24) is 0 Å². The number of non-ortho nitro benzene ring substituents is 1. The molecule has 4 bridgehead atoms. The van der Waals surface area contributed by atoms with E-state index in [1.54, 1.807) is 174 Å². The molecule has 2 heterocycles. The Morgan fingerprint density at radius 3 is 1.26 bits per heavy atom. The molecule has 4 saturated carbocycles. The molecule has 6 aliphatic carbocycles. The van der Waals surface area contributed by atoms with Crippen LogP contribution in [-0.2, 0) is 80.9 Å². The van der Waals surface area contributed by atoms with Gasteiger partial charge in [-0.1, -0.05) is 152 Å². The zero-order chi connectivity index (χ0) is 84.5. The summed E-state index contributed by atoms with van der Waals surface area (Å²) in [5.41, 5.74) is -9.48. The number of hydrogen-bond acceptors (Lipinski definition) is 26. The fourth-order valence-electron chi connectivity index (χ4n) is 20.9. The van der Waals surface area contributed by atoms with E-state index < -0.39 is 188 Å². The van der Waals surface area contributed by atoms with Crippen molar-refractivity contribution in [2.75, 3.05) is 27.4 Å². The van der Waals surface area contributed by atoms with Gasteiger partial charge in [-0.05, 0) is 97.5 Å². The summed E-state index contributed by atoms with van der Waals surface area (Å²) in [6, 6.07) is 38.9. The maximum Gasteiger partial charge on any atom is 0.514 e. The van der Waals surface area contributed by atoms with Gasteiger partial charge in [-0.15, -0.1) is 0 Å². The third-order valence-corrected chi connectivity index (χ3v) is 27.0. The molecule has 0 aromatic heterocycles. The molecule has 27 heteroatoms. The number of rotatable bonds is 19. The first-order chi connectivity index (χ1) is 54.7. The maximum atomic E-state index is 15.5. The van der Waals surface area contributed by atoms with Gasteiger partial charge in [0.25, 0.3) is 5.69 Å². The molecule has 13 rings (SSSR count). The monoisotopic (exact) mass is 1600 g/mol. The molecule has 5 aromatic rings. The van der Waals surface area contributed by atoms with E-state index in [0.29, 0.717) is 27.9 Å². The molecule has 0 radical (unpaired) electrons. The van der Waals surface area contributed by atoms with Crippen LogP contribution >= 0.6 is 0 Å². The van der Waals surface area contributed by atoms with Crippen molar-refractivity contribution >= 4 is 59.2 Å². The van der Waals surface area contributed by atoms with Gasteiger partial charge in [0.2, 0.25) is 6.10 Å². The molecule has 620 valence electrons. The van der Waals surface area contributed by atoms with Crippen molar-refractivity contribution in [3.63, 3.8) is 0 Å². The number of ether oxygens (including phenoxy) is 12. The van der Waals surface area contributed by atoms with E-state index in [1.807, 2.05) is 30.3 Å². The largest absolute Gasteiger partial charge is 0.514 e. The highest BCUT2D eigenvalue weighted by Crippen LogP contribution is 2.68. The summed E-state index contributed by atoms with van der Waals surface area (Å²) in [5, 5.41) is 49.7. The van der Waals surface area contributed by atoms with Gasteiger partial charge < -0.3 is 72.2 Å². The average Bonchev–Trinajstić information content (AvgIpc) is 0.672. The molecule has 6 fully saturated rings. The molecule has 3 N–H and O–H groups in total. The minimum atomic E-state index is -2.17. The fraction of sp³-hybridized carbons (Fsp3) is 0.517. The van der Waals surface area contributed by atoms with Crippen LogP contribution in [0.15, 0.2) is 168 Å². The van der Waals surface area contributed by atoms with E-state index in [9.17, 15) is 59.0 Å². The van der Waals surface area contributed by atoms with E-state index >= 15 is 9.59 Å². The molecular formula is C89H103NO26. The summed E-state index contributed by atoms with van der Waals surface area (Å²) >= 11 is 0. The Kier molecular flexibility index (Phi) is 23.7. The zero-order valence-corrected chi connectivity index (χ0v) is 68.0. The van der Waals surface area contributed by atoms with Gasteiger partial charge in [-0.25, -0.2) is 24.0 Å². The Bertz CT molecular complexity index is 4680. The highest BCUT2D eigenvalue weighted by molar-refractivity contribution is 5.94. The highest BCUT2D eigenvalue weighted by atomic mass is 16.7. The number of nitro benzene ring substituents is 1. The molecule has 5 aromatic carbocycles. The summed E-state index contributed by atoms with van der Waals surface area (Å²) in [5.74, 6) is -11.2. The van der Waals surface area contributed by atoms with Crippen molar-refractivity contribution in [3.8, 4) is 5.75 Å². The molecule has 27 nitrogen and oxygen atoms in total. The summed E-state index contributed by atoms with van der Waals surface area (Å²) < 4.78 is 73.0. The van der Waals surface area contributed by atoms with E-state index in [4.69, 9.17) is 56.8 Å². The van der Waals surface area contributed by atoms with E-state index in [2.05, 4.69) is 0 Å². The van der Waals surface area contributed by atoms with Crippen LogP contribution in [0.1, 0.15) is 166 Å². The molecule has 8 aliphatic rings. The van der Waals surface area contributed by atoms with Crippen molar-refractivity contribution in [2.24, 2.45) is 45.3 Å². The van der Waals surface area contributed by atoms with Crippen molar-refractivity contribution in [3.05, 3.63) is 200 Å². The van der Waals surface area contributed by atoms with Crippen molar-refractivity contribution in [2.45, 2.75) is 218 Å². The minimum absolute atomic E-state index is 0.0849. The number of fused-ring (bicyclic) bond motifs is 10. The van der Waals surface area contributed by atoms with Crippen LogP contribution in [0, 0.1) is 55.4 Å². The van der Waals surface area contributed by atoms with Crippen LogP contribution in [0.5, 0.6) is 5.75 Å². The number of methoxy groups -OCH3 is 2. The quantitative estimate of drug-likeness (QED) is 0.0173. The molecule has 2 aliphatic heterocycles. The Balaban J connectivity index is 0.000000219. The lowest BCUT2D eigenvalue weighted by atomic mass is 9.43. The lowest BCUT2D eigenvalue weighted by Crippen LogP contribution is -2.81. The SMILES string of the molecule is COC1C[C@H]2OC[C@@]2(OC(C)=O)[C@H]2[C@H](OC(=O)c3ccccc3)[C@]3(O)CC(OC(=O)[C@H](O)[C@@H](C)c4ccccc4)C(C)=C([C@@H](C)C(=O)C12C)C3(C)C.COC1C[C@H]2OC[C@@]2(OC(C)=O)[C@H]2[C@H](OC(=O)c3ccccc3)[C@]3(O)CC(OC(=O)[C@H](OC(=O)Oc4ccc([N+](=O)[O-])cc4)[C@@H](C)c4ccccc4)C(C)=C([C@@H](C)C(=O)C12C)C3(C)C. The topological polar surface area (TPSA) is 368 Å². The molecular weight excluding hydrogens is 1500 g/mol. The minimum Gasteiger partial charge on any atom is -0.456 e. The highest BCUT2D eigenvalue weighted by Gasteiger charge is 2.80. The number of aliphatic hydroxyl groups is 3. The predicted molar refractivity (Wildman–Crippen MR) is 414 cm³/mol. The Morgan fingerprint density at radius 1 is 0.534 bits per heavy atom. The second-order valence-electron chi connectivity index (χ2n) is 33.7. The van der Waals surface area contributed by atoms with Crippen LogP contribution in [-0.4, -0.2) is 185 Å². The molecule has 116 heavy (non-hydrogen) atoms. The van der Waals surface area contributed by atoms with Crippen LogP contribution < -0.4 is 4.74 Å². The van der Waals surface area contributed by atoms with Crippen LogP contribution in [0.3, 0.4) is 0 Å². The predicted octanol–water partition coefficient (Wildman–Crippen LogP) is 11.6. The van der Waals surface area contributed by atoms with Gasteiger partial charge in [0, 0.05) is 100 Å². The Morgan fingerprint density at radius 2 is 0.905 bits per heavy atom. The Labute approximate surface area is 673 Å². The number of hydrogen-bond donors (Lipinski definition) is 3. The molecule has 6 unspecified atom stereocenters. The number of carbonyl (C=O) groups is 9. The summed E-state index contributed by atoms with van der Waals surface area (Å²) in [6.07, 6.45) is -13.5. The number of aliphatic hydroxyl groups excluding tert-OH is 1. The van der Waals surface area contributed by atoms with E-state index in [0.717, 1.165) is 17.7 Å². The standard InChI is InChI=1S/C48H53NO15.C41H50O11/c1-26(30-15-11-9-12-16-30)38(62-44(54)60-33-21-19-32(20-22-33)49(56)57)43(53)61-34-24-48(55)41(63-42(52)31-17-13-10-14-18-31)39-46(7,40(51)28(3)37(27(34)2)45(48,5)6)35(58-8)23-36-47(39,25-59-36)64-29(4)50;1-22(26-15-11-9-12-16-26)32(43)37(46)50-28-20-41(47)35(51-36(45)27-17-13-10-14-18-27)33-39(7,34(44)24(3)31(23(28)2)38(41,5)6)29(48-8)19-30-40(33,21-49-30)52-25(4)42/h9-22,26,28,34-36,38-39,41,55H,23-25H2,1-8H3;9-18,22,24,28-30,32-33,35,43,47H,19-21H2,1-8H3/t26-,28+,34?,35?,36+,38+,39-,41-,46?,47-,48+;22-,24+,28?,29?,30+,32+,33-,35-,39?,40-,41+/m00/s1. The molecule has 22 atom stereocenters. The number of nitrogens with zero attached hydrogens (tertiary/aromatic N) is 1. The number of esters is 6. The zero-order valence-electron chi connectivity index (χ0n) is 68.0. The van der Waals surface area contributed by atoms with E-state index in [1.165, 1.54) is 40.2 Å². The third kappa shape index (κ3) is 14.3. The van der Waals surface area contributed by atoms with Crippen LogP contribution in [0.2, 0.25) is 0 Å². The van der Waals surface area contributed by atoms with E-state index in [-0.39, 0.29) is 73.0 Å².